The van der Waals surface area contributed by atoms with Crippen molar-refractivity contribution < 1.29 is 28.6 Å². The van der Waals surface area contributed by atoms with Crippen LogP contribution < -0.4 is 0 Å². The fraction of sp³-hybridized carbons (Fsp3) is 0.766. The van der Waals surface area contributed by atoms with E-state index in [4.69, 9.17) is 14.2 Å². The first-order chi connectivity index (χ1) is 26.0. The Labute approximate surface area is 327 Å². The second-order valence-corrected chi connectivity index (χ2v) is 14.6. The number of ether oxygens (including phenoxy) is 3. The van der Waals surface area contributed by atoms with Crippen LogP contribution in [0.4, 0.5) is 0 Å². The van der Waals surface area contributed by atoms with Gasteiger partial charge >= 0.3 is 17.9 Å². The van der Waals surface area contributed by atoms with Gasteiger partial charge in [0.2, 0.25) is 0 Å². The van der Waals surface area contributed by atoms with Gasteiger partial charge in [-0.1, -0.05) is 172 Å². The quantitative estimate of drug-likeness (QED) is 0.0270. The van der Waals surface area contributed by atoms with Gasteiger partial charge < -0.3 is 14.2 Å². The standard InChI is InChI=1S/C47H82O6/c1-4-7-10-13-16-19-22-25-28-31-34-37-40-46(49)52-43-44(42-51-45(48)39-36-33-30-27-24-21-18-15-12-9-6-3)53-47(50)41-38-35-32-29-26-23-20-17-14-11-8-5-2/h9,12,16,18-19,21,27,30,44H,4-8,10-11,13-15,17,20,22-26,28-29,31-43H2,1-3H3/b12-9-,19-16-,21-18-,30-27-. The fourth-order valence-electron chi connectivity index (χ4n) is 5.99. The summed E-state index contributed by atoms with van der Waals surface area (Å²) in [6.45, 7) is 6.42. The Balaban J connectivity index is 4.44. The molecule has 0 bridgehead atoms. The molecular weight excluding hydrogens is 661 g/mol. The number of unbranched alkanes of at least 4 members (excludes halogenated alkanes) is 20. The number of carbonyl (C=O) groups excluding carboxylic acids is 3. The molecule has 1 unspecified atom stereocenters. The molecule has 53 heavy (non-hydrogen) atoms. The lowest BCUT2D eigenvalue weighted by Gasteiger charge is -2.18. The lowest BCUT2D eigenvalue weighted by Crippen LogP contribution is -2.30. The summed E-state index contributed by atoms with van der Waals surface area (Å²) in [5.41, 5.74) is 0. The number of carbonyl (C=O) groups is 3. The van der Waals surface area contributed by atoms with Gasteiger partial charge in [0.05, 0.1) is 0 Å². The molecule has 0 aromatic carbocycles. The summed E-state index contributed by atoms with van der Waals surface area (Å²) >= 11 is 0. The van der Waals surface area contributed by atoms with Crippen LogP contribution in [0, 0.1) is 0 Å². The summed E-state index contributed by atoms with van der Waals surface area (Å²) in [7, 11) is 0. The van der Waals surface area contributed by atoms with Crippen molar-refractivity contribution in [1.29, 1.82) is 0 Å². The maximum Gasteiger partial charge on any atom is 0.306 e. The largest absolute Gasteiger partial charge is 0.462 e. The van der Waals surface area contributed by atoms with Gasteiger partial charge in [-0.15, -0.1) is 0 Å². The first kappa shape index (κ1) is 50.4. The molecule has 0 amide bonds. The molecule has 6 nitrogen and oxygen atoms in total. The lowest BCUT2D eigenvalue weighted by molar-refractivity contribution is -0.167. The lowest BCUT2D eigenvalue weighted by atomic mass is 10.0. The molecule has 306 valence electrons. The highest BCUT2D eigenvalue weighted by Gasteiger charge is 2.19. The van der Waals surface area contributed by atoms with Crippen molar-refractivity contribution in [2.45, 2.75) is 219 Å². The minimum atomic E-state index is -0.790. The van der Waals surface area contributed by atoms with E-state index in [1.54, 1.807) is 0 Å². The van der Waals surface area contributed by atoms with E-state index in [-0.39, 0.29) is 37.5 Å². The van der Waals surface area contributed by atoms with Gasteiger partial charge in [0.1, 0.15) is 13.2 Å². The van der Waals surface area contributed by atoms with Gasteiger partial charge in [0, 0.05) is 19.3 Å². The van der Waals surface area contributed by atoms with Gasteiger partial charge in [-0.3, -0.25) is 14.4 Å². The highest BCUT2D eigenvalue weighted by atomic mass is 16.6. The van der Waals surface area contributed by atoms with Crippen molar-refractivity contribution >= 4 is 17.9 Å². The van der Waals surface area contributed by atoms with E-state index in [0.717, 1.165) is 70.6 Å². The van der Waals surface area contributed by atoms with E-state index < -0.39 is 6.10 Å². The average molecular weight is 743 g/mol. The fourth-order valence-corrected chi connectivity index (χ4v) is 5.99. The molecule has 0 saturated carbocycles. The number of hydrogen-bond acceptors (Lipinski definition) is 6. The molecule has 0 aromatic rings. The van der Waals surface area contributed by atoms with E-state index in [1.807, 2.05) is 0 Å². The number of rotatable bonds is 39. The molecule has 0 spiro atoms. The van der Waals surface area contributed by atoms with Crippen LogP contribution in [0.3, 0.4) is 0 Å². The Kier molecular flexibility index (Phi) is 40.0. The second-order valence-electron chi connectivity index (χ2n) is 14.6. The van der Waals surface area contributed by atoms with E-state index >= 15 is 0 Å². The highest BCUT2D eigenvalue weighted by molar-refractivity contribution is 5.71. The average Bonchev–Trinajstić information content (AvgIpc) is 3.15. The van der Waals surface area contributed by atoms with Crippen molar-refractivity contribution in [2.75, 3.05) is 13.2 Å². The Bertz CT molecular complexity index is 949. The van der Waals surface area contributed by atoms with E-state index in [9.17, 15) is 14.4 Å². The monoisotopic (exact) mass is 743 g/mol. The molecule has 0 aromatic heterocycles. The maximum absolute atomic E-state index is 12.7. The zero-order chi connectivity index (χ0) is 38.7. The molecule has 0 aliphatic carbocycles. The third-order valence-electron chi connectivity index (χ3n) is 9.32. The minimum absolute atomic E-state index is 0.0919. The van der Waals surface area contributed by atoms with Crippen LogP contribution in [0.5, 0.6) is 0 Å². The Morgan fingerprint density at radius 2 is 0.755 bits per heavy atom. The molecule has 6 heteroatoms. The molecule has 0 fully saturated rings. The summed E-state index contributed by atoms with van der Waals surface area (Å²) in [5, 5.41) is 0. The first-order valence-electron chi connectivity index (χ1n) is 22.1. The van der Waals surface area contributed by atoms with Crippen LogP contribution in [0.1, 0.15) is 213 Å². The van der Waals surface area contributed by atoms with E-state index in [2.05, 4.69) is 69.4 Å². The van der Waals surface area contributed by atoms with E-state index in [0.29, 0.717) is 19.3 Å². The Morgan fingerprint density at radius 3 is 1.28 bits per heavy atom. The van der Waals surface area contributed by atoms with Gasteiger partial charge in [-0.2, -0.15) is 0 Å². The van der Waals surface area contributed by atoms with Gasteiger partial charge in [0.25, 0.3) is 0 Å². The van der Waals surface area contributed by atoms with E-state index in [1.165, 1.54) is 96.3 Å². The Morgan fingerprint density at radius 1 is 0.396 bits per heavy atom. The second kappa shape index (κ2) is 42.1. The van der Waals surface area contributed by atoms with Crippen LogP contribution in [0.2, 0.25) is 0 Å². The normalized spacial score (nSPS) is 12.4. The van der Waals surface area contributed by atoms with Crippen LogP contribution in [0.15, 0.2) is 48.6 Å². The van der Waals surface area contributed by atoms with Crippen molar-refractivity contribution in [2.24, 2.45) is 0 Å². The first-order valence-corrected chi connectivity index (χ1v) is 22.1. The molecule has 1 atom stereocenters. The van der Waals surface area contributed by atoms with Crippen LogP contribution in [0.25, 0.3) is 0 Å². The molecule has 0 rings (SSSR count). The number of allylic oxidation sites excluding steroid dienone is 8. The van der Waals surface area contributed by atoms with Crippen LogP contribution >= 0.6 is 0 Å². The third kappa shape index (κ3) is 40.4. The zero-order valence-electron chi connectivity index (χ0n) is 34.8. The predicted molar refractivity (Wildman–Crippen MR) is 224 cm³/mol. The Hall–Kier alpha value is -2.63. The van der Waals surface area contributed by atoms with Crippen molar-refractivity contribution in [3.63, 3.8) is 0 Å². The smallest absolute Gasteiger partial charge is 0.306 e. The van der Waals surface area contributed by atoms with Gasteiger partial charge in [-0.25, -0.2) is 0 Å². The van der Waals surface area contributed by atoms with Crippen molar-refractivity contribution in [3.8, 4) is 0 Å². The number of esters is 3. The molecule has 0 aliphatic heterocycles. The minimum Gasteiger partial charge on any atom is -0.462 e. The third-order valence-corrected chi connectivity index (χ3v) is 9.32. The maximum atomic E-state index is 12.7. The molecular formula is C47H82O6. The molecule has 0 N–H and O–H groups in total. The van der Waals surface area contributed by atoms with Crippen molar-refractivity contribution in [1.82, 2.24) is 0 Å². The summed E-state index contributed by atoms with van der Waals surface area (Å²) in [4.78, 5) is 37.6. The summed E-state index contributed by atoms with van der Waals surface area (Å²) < 4.78 is 16.6. The van der Waals surface area contributed by atoms with Crippen LogP contribution in [-0.4, -0.2) is 37.2 Å². The highest BCUT2D eigenvalue weighted by Crippen LogP contribution is 2.14. The summed E-state index contributed by atoms with van der Waals surface area (Å²) in [6.07, 6.45) is 48.1. The molecule has 0 heterocycles. The molecule has 0 aliphatic rings. The summed E-state index contributed by atoms with van der Waals surface area (Å²) in [6, 6.07) is 0. The zero-order valence-corrected chi connectivity index (χ0v) is 34.8. The van der Waals surface area contributed by atoms with Gasteiger partial charge in [0.15, 0.2) is 6.10 Å². The predicted octanol–water partition coefficient (Wildman–Crippen LogP) is 14.0. The molecule has 0 radical (unpaired) electrons. The summed E-state index contributed by atoms with van der Waals surface area (Å²) in [5.74, 6) is -0.959. The topological polar surface area (TPSA) is 78.9 Å². The van der Waals surface area contributed by atoms with Gasteiger partial charge in [-0.05, 0) is 70.6 Å². The SMILES string of the molecule is CC/C=C\C/C=C\C/C=C\CCCC(=O)OCC(COC(=O)CCCCCCC/C=C\CCCCC)OC(=O)CCCCCCCCCCCCCC. The van der Waals surface area contributed by atoms with Crippen LogP contribution in [-0.2, 0) is 28.6 Å². The number of hydrogen-bond donors (Lipinski definition) is 0. The molecule has 0 saturated heterocycles. The van der Waals surface area contributed by atoms with Crippen molar-refractivity contribution in [3.05, 3.63) is 48.6 Å².